The van der Waals surface area contributed by atoms with Gasteiger partial charge in [-0.3, -0.25) is 0 Å². The second-order valence-corrected chi connectivity index (χ2v) is 5.64. The fraction of sp³-hybridized carbons (Fsp3) is 0.600. The van der Waals surface area contributed by atoms with Crippen molar-refractivity contribution in [2.24, 2.45) is 5.41 Å². The molecule has 1 atom stereocenters. The van der Waals surface area contributed by atoms with E-state index < -0.39 is 0 Å². The monoisotopic (exact) mass is 253 g/mol. The van der Waals surface area contributed by atoms with Crippen molar-refractivity contribution in [3.8, 4) is 5.75 Å². The number of rotatable bonds is 6. The van der Waals surface area contributed by atoms with E-state index in [-0.39, 0.29) is 17.3 Å². The lowest BCUT2D eigenvalue weighted by Crippen LogP contribution is -2.45. The van der Waals surface area contributed by atoms with Gasteiger partial charge >= 0.3 is 0 Å². The Morgan fingerprint density at radius 2 is 1.83 bits per heavy atom. The van der Waals surface area contributed by atoms with Gasteiger partial charge in [0.25, 0.3) is 0 Å². The summed E-state index contributed by atoms with van der Waals surface area (Å²) in [6.07, 6.45) is 1.10. The van der Waals surface area contributed by atoms with Gasteiger partial charge in [0.05, 0.1) is 0 Å². The quantitative estimate of drug-likeness (QED) is 0.836. The Balaban J connectivity index is 2.53. The number of ether oxygens (including phenoxy) is 1. The zero-order chi connectivity index (χ0) is 13.6. The molecular formula is C15H24FNO. The Morgan fingerprint density at radius 1 is 1.22 bits per heavy atom. The zero-order valence-electron chi connectivity index (χ0n) is 11.8. The van der Waals surface area contributed by atoms with E-state index >= 15 is 0 Å². The van der Waals surface area contributed by atoms with Gasteiger partial charge in [-0.15, -0.1) is 0 Å². The second-order valence-electron chi connectivity index (χ2n) is 5.64. The van der Waals surface area contributed by atoms with Gasteiger partial charge < -0.3 is 10.1 Å². The van der Waals surface area contributed by atoms with Gasteiger partial charge in [-0.1, -0.05) is 27.7 Å². The fourth-order valence-corrected chi connectivity index (χ4v) is 1.64. The van der Waals surface area contributed by atoms with E-state index in [4.69, 9.17) is 4.74 Å². The minimum atomic E-state index is -0.237. The third-order valence-electron chi connectivity index (χ3n) is 2.92. The van der Waals surface area contributed by atoms with Crippen molar-refractivity contribution in [2.75, 3.05) is 13.2 Å². The normalized spacial score (nSPS) is 13.4. The first-order valence-corrected chi connectivity index (χ1v) is 6.55. The molecule has 0 aromatic heterocycles. The summed E-state index contributed by atoms with van der Waals surface area (Å²) in [5.74, 6) is 0.475. The Labute approximate surface area is 110 Å². The van der Waals surface area contributed by atoms with Gasteiger partial charge in [0, 0.05) is 6.04 Å². The summed E-state index contributed by atoms with van der Waals surface area (Å²) in [5, 5.41) is 3.49. The summed E-state index contributed by atoms with van der Waals surface area (Å²) in [7, 11) is 0. The standard InChI is InChI=1S/C15H24FNO/c1-5-10-17-14(15(2,3)4)11-18-13-8-6-12(16)7-9-13/h6-9,14,17H,5,10-11H2,1-4H3. The summed E-state index contributed by atoms with van der Waals surface area (Å²) >= 11 is 0. The predicted molar refractivity (Wildman–Crippen MR) is 73.4 cm³/mol. The molecular weight excluding hydrogens is 229 g/mol. The zero-order valence-corrected chi connectivity index (χ0v) is 11.8. The van der Waals surface area contributed by atoms with E-state index in [1.54, 1.807) is 12.1 Å². The molecule has 1 N–H and O–H groups in total. The average molecular weight is 253 g/mol. The first kappa shape index (κ1) is 15.0. The minimum Gasteiger partial charge on any atom is -0.492 e. The molecule has 3 heteroatoms. The largest absolute Gasteiger partial charge is 0.492 e. The Hall–Kier alpha value is -1.09. The smallest absolute Gasteiger partial charge is 0.123 e. The molecule has 2 nitrogen and oxygen atoms in total. The maximum Gasteiger partial charge on any atom is 0.123 e. The number of hydrogen-bond donors (Lipinski definition) is 1. The minimum absolute atomic E-state index is 0.134. The van der Waals surface area contributed by atoms with E-state index in [1.807, 2.05) is 0 Å². The highest BCUT2D eigenvalue weighted by molar-refractivity contribution is 5.22. The number of nitrogens with one attached hydrogen (secondary N) is 1. The fourth-order valence-electron chi connectivity index (χ4n) is 1.64. The summed E-state index contributed by atoms with van der Waals surface area (Å²) in [4.78, 5) is 0. The average Bonchev–Trinajstić information content (AvgIpc) is 2.30. The molecule has 0 heterocycles. The number of halogens is 1. The van der Waals surface area contributed by atoms with E-state index in [0.717, 1.165) is 13.0 Å². The third-order valence-corrected chi connectivity index (χ3v) is 2.92. The van der Waals surface area contributed by atoms with Crippen LogP contribution in [0.5, 0.6) is 5.75 Å². The number of hydrogen-bond acceptors (Lipinski definition) is 2. The molecule has 0 aliphatic carbocycles. The van der Waals surface area contributed by atoms with Crippen LogP contribution in [-0.2, 0) is 0 Å². The number of benzene rings is 1. The maximum absolute atomic E-state index is 12.8. The third kappa shape index (κ3) is 5.05. The highest BCUT2D eigenvalue weighted by Gasteiger charge is 2.24. The van der Waals surface area contributed by atoms with Crippen molar-refractivity contribution in [3.63, 3.8) is 0 Å². The van der Waals surface area contributed by atoms with Gasteiger partial charge in [-0.2, -0.15) is 0 Å². The van der Waals surface area contributed by atoms with Crippen molar-refractivity contribution in [2.45, 2.75) is 40.2 Å². The maximum atomic E-state index is 12.8. The molecule has 0 amide bonds. The SMILES string of the molecule is CCCNC(COc1ccc(F)cc1)C(C)(C)C. The lowest BCUT2D eigenvalue weighted by Gasteiger charge is -2.31. The van der Waals surface area contributed by atoms with Crippen LogP contribution in [0.25, 0.3) is 0 Å². The van der Waals surface area contributed by atoms with E-state index in [2.05, 4.69) is 33.0 Å². The topological polar surface area (TPSA) is 21.3 Å². The molecule has 102 valence electrons. The molecule has 1 aromatic carbocycles. The molecule has 1 unspecified atom stereocenters. The van der Waals surface area contributed by atoms with Crippen LogP contribution in [0.3, 0.4) is 0 Å². The highest BCUT2D eigenvalue weighted by atomic mass is 19.1. The van der Waals surface area contributed by atoms with Gasteiger partial charge in [0.1, 0.15) is 18.2 Å². The Kier molecular flexibility index (Phi) is 5.60. The van der Waals surface area contributed by atoms with Crippen LogP contribution in [0.4, 0.5) is 4.39 Å². The second kappa shape index (κ2) is 6.74. The molecule has 1 rings (SSSR count). The molecule has 0 bridgehead atoms. The molecule has 0 fully saturated rings. The van der Waals surface area contributed by atoms with Crippen LogP contribution in [-0.4, -0.2) is 19.2 Å². The molecule has 18 heavy (non-hydrogen) atoms. The van der Waals surface area contributed by atoms with Crippen molar-refractivity contribution in [3.05, 3.63) is 30.1 Å². The Morgan fingerprint density at radius 3 is 2.33 bits per heavy atom. The highest BCUT2D eigenvalue weighted by Crippen LogP contribution is 2.21. The van der Waals surface area contributed by atoms with Crippen LogP contribution >= 0.6 is 0 Å². The predicted octanol–water partition coefficient (Wildman–Crippen LogP) is 3.62. The molecule has 0 radical (unpaired) electrons. The van der Waals surface area contributed by atoms with Crippen molar-refractivity contribution < 1.29 is 9.13 Å². The molecule has 0 saturated heterocycles. The van der Waals surface area contributed by atoms with E-state index in [9.17, 15) is 4.39 Å². The van der Waals surface area contributed by atoms with E-state index in [1.165, 1.54) is 12.1 Å². The first-order chi connectivity index (χ1) is 8.43. The van der Waals surface area contributed by atoms with Gasteiger partial charge in [0.2, 0.25) is 0 Å². The van der Waals surface area contributed by atoms with Crippen molar-refractivity contribution in [1.82, 2.24) is 5.32 Å². The Bertz CT molecular complexity index is 343. The van der Waals surface area contributed by atoms with Crippen LogP contribution in [0.2, 0.25) is 0 Å². The van der Waals surface area contributed by atoms with Crippen molar-refractivity contribution in [1.29, 1.82) is 0 Å². The molecule has 0 spiro atoms. The van der Waals surface area contributed by atoms with Gasteiger partial charge in [-0.05, 0) is 42.6 Å². The lowest BCUT2D eigenvalue weighted by atomic mass is 9.87. The van der Waals surface area contributed by atoms with E-state index in [0.29, 0.717) is 12.4 Å². The molecule has 1 aromatic rings. The first-order valence-electron chi connectivity index (χ1n) is 6.55. The lowest BCUT2D eigenvalue weighted by molar-refractivity contribution is 0.174. The molecule has 0 aliphatic heterocycles. The summed E-state index contributed by atoms with van der Waals surface area (Å²) in [6, 6.07) is 6.44. The summed E-state index contributed by atoms with van der Waals surface area (Å²) in [6.45, 7) is 10.3. The molecule has 0 aliphatic rings. The van der Waals surface area contributed by atoms with Crippen LogP contribution in [0.1, 0.15) is 34.1 Å². The van der Waals surface area contributed by atoms with Gasteiger partial charge in [-0.25, -0.2) is 4.39 Å². The van der Waals surface area contributed by atoms with Crippen molar-refractivity contribution >= 4 is 0 Å². The van der Waals surface area contributed by atoms with Gasteiger partial charge in [0.15, 0.2) is 0 Å². The van der Waals surface area contributed by atoms with Crippen LogP contribution in [0.15, 0.2) is 24.3 Å². The summed E-state index contributed by atoms with van der Waals surface area (Å²) < 4.78 is 18.5. The van der Waals surface area contributed by atoms with Crippen LogP contribution < -0.4 is 10.1 Å². The summed E-state index contributed by atoms with van der Waals surface area (Å²) in [5.41, 5.74) is 0.134. The van der Waals surface area contributed by atoms with Crippen LogP contribution in [0, 0.1) is 11.2 Å². The molecule has 0 saturated carbocycles.